The second kappa shape index (κ2) is 4.75. The Labute approximate surface area is 139 Å². The van der Waals surface area contributed by atoms with Gasteiger partial charge in [0.05, 0.1) is 11.2 Å². The van der Waals surface area contributed by atoms with Gasteiger partial charge in [0.1, 0.15) is 7.85 Å². The normalized spacial score (nSPS) is 20.4. The summed E-state index contributed by atoms with van der Waals surface area (Å²) in [6.45, 7) is 8.33. The highest BCUT2D eigenvalue weighted by atomic mass is 16.7. The molecule has 4 rings (SSSR count). The standard InChI is InChI=1S/C19H20B2O2/c1-18(2)19(3,4)23-21(22-18)15-6-8-17-13(11-15)9-12-10-14(20)5-7-16(12)17/h5-8,10-11H,9H2,1-4H3. The maximum Gasteiger partial charge on any atom is 0.494 e. The maximum absolute atomic E-state index is 6.16. The van der Waals surface area contributed by atoms with Gasteiger partial charge in [-0.3, -0.25) is 0 Å². The highest BCUT2D eigenvalue weighted by Gasteiger charge is 2.51. The molecule has 0 N–H and O–H groups in total. The zero-order valence-corrected chi connectivity index (χ0v) is 14.1. The summed E-state index contributed by atoms with van der Waals surface area (Å²) in [5.74, 6) is 0. The number of fused-ring (bicyclic) bond motifs is 3. The molecule has 114 valence electrons. The SMILES string of the molecule is [B]c1ccc2c(c1)Cc1cc(B3OC(C)(C)C(C)(C)O3)ccc1-2. The molecule has 0 spiro atoms. The minimum absolute atomic E-state index is 0.306. The van der Waals surface area contributed by atoms with Crippen LogP contribution in [0.3, 0.4) is 0 Å². The second-order valence-corrected chi connectivity index (χ2v) is 7.60. The molecule has 0 saturated carbocycles. The van der Waals surface area contributed by atoms with Crippen LogP contribution in [0, 0.1) is 0 Å². The molecule has 1 aliphatic carbocycles. The van der Waals surface area contributed by atoms with Gasteiger partial charge in [0.15, 0.2) is 0 Å². The van der Waals surface area contributed by atoms with E-state index < -0.39 is 0 Å². The fourth-order valence-electron chi connectivity index (χ4n) is 3.38. The Morgan fingerprint density at radius 1 is 0.870 bits per heavy atom. The van der Waals surface area contributed by atoms with Crippen LogP contribution in [-0.4, -0.2) is 26.2 Å². The lowest BCUT2D eigenvalue weighted by molar-refractivity contribution is 0.00578. The van der Waals surface area contributed by atoms with Crippen molar-refractivity contribution in [2.45, 2.75) is 45.3 Å². The molecule has 0 atom stereocenters. The van der Waals surface area contributed by atoms with Crippen molar-refractivity contribution < 1.29 is 9.31 Å². The summed E-state index contributed by atoms with van der Waals surface area (Å²) >= 11 is 0. The van der Waals surface area contributed by atoms with Gasteiger partial charge in [-0.15, -0.1) is 0 Å². The molecular formula is C19H20B2O2. The quantitative estimate of drug-likeness (QED) is 0.643. The molecule has 23 heavy (non-hydrogen) atoms. The lowest BCUT2D eigenvalue weighted by Crippen LogP contribution is -2.41. The summed E-state index contributed by atoms with van der Waals surface area (Å²) in [7, 11) is 5.61. The largest absolute Gasteiger partial charge is 0.494 e. The molecule has 1 heterocycles. The fraction of sp³-hybridized carbons (Fsp3) is 0.368. The molecule has 0 amide bonds. The van der Waals surface area contributed by atoms with Gasteiger partial charge in [0.25, 0.3) is 0 Å². The molecule has 2 radical (unpaired) electrons. The first-order chi connectivity index (χ1) is 10.8. The maximum atomic E-state index is 6.16. The molecule has 1 saturated heterocycles. The van der Waals surface area contributed by atoms with Gasteiger partial charge in [-0.2, -0.15) is 0 Å². The van der Waals surface area contributed by atoms with E-state index in [1.165, 1.54) is 22.3 Å². The van der Waals surface area contributed by atoms with Crippen LogP contribution in [0.2, 0.25) is 0 Å². The van der Waals surface area contributed by atoms with E-state index in [1.54, 1.807) is 0 Å². The highest BCUT2D eigenvalue weighted by Crippen LogP contribution is 2.38. The van der Waals surface area contributed by atoms with Crippen LogP contribution in [0.5, 0.6) is 0 Å². The van der Waals surface area contributed by atoms with E-state index >= 15 is 0 Å². The van der Waals surface area contributed by atoms with Crippen LogP contribution >= 0.6 is 0 Å². The van der Waals surface area contributed by atoms with Crippen molar-refractivity contribution in [3.05, 3.63) is 47.5 Å². The van der Waals surface area contributed by atoms with E-state index in [1.807, 2.05) is 6.07 Å². The number of benzene rings is 2. The molecule has 0 unspecified atom stereocenters. The number of hydrogen-bond acceptors (Lipinski definition) is 2. The van der Waals surface area contributed by atoms with Gasteiger partial charge in [-0.1, -0.05) is 41.9 Å². The summed E-state index contributed by atoms with van der Waals surface area (Å²) in [6.07, 6.45) is 0.920. The van der Waals surface area contributed by atoms with Gasteiger partial charge in [-0.05, 0) is 61.8 Å². The summed E-state index contributed by atoms with van der Waals surface area (Å²) in [5, 5.41) is 0. The minimum atomic E-state index is -0.311. The molecule has 1 fully saturated rings. The van der Waals surface area contributed by atoms with E-state index in [0.717, 1.165) is 17.3 Å². The Morgan fingerprint density at radius 3 is 2.09 bits per heavy atom. The summed E-state index contributed by atoms with van der Waals surface area (Å²) < 4.78 is 12.3. The van der Waals surface area contributed by atoms with Gasteiger partial charge in [-0.25, -0.2) is 0 Å². The first-order valence-electron chi connectivity index (χ1n) is 8.14. The van der Waals surface area contributed by atoms with Crippen molar-refractivity contribution >= 4 is 25.9 Å². The molecular weight excluding hydrogens is 282 g/mol. The van der Waals surface area contributed by atoms with Gasteiger partial charge >= 0.3 is 7.12 Å². The molecule has 2 nitrogen and oxygen atoms in total. The summed E-state index contributed by atoms with van der Waals surface area (Å²) in [6, 6.07) is 12.7. The monoisotopic (exact) mass is 302 g/mol. The third-order valence-corrected chi connectivity index (χ3v) is 5.46. The van der Waals surface area contributed by atoms with Crippen LogP contribution in [0.1, 0.15) is 38.8 Å². The molecule has 0 bridgehead atoms. The van der Waals surface area contributed by atoms with E-state index in [0.29, 0.717) is 0 Å². The Kier molecular flexibility index (Phi) is 3.11. The van der Waals surface area contributed by atoms with Crippen molar-refractivity contribution in [1.82, 2.24) is 0 Å². The fourth-order valence-corrected chi connectivity index (χ4v) is 3.38. The Hall–Kier alpha value is -1.51. The molecule has 0 aromatic heterocycles. The van der Waals surface area contributed by atoms with E-state index in [9.17, 15) is 0 Å². The van der Waals surface area contributed by atoms with Crippen molar-refractivity contribution in [1.29, 1.82) is 0 Å². The third kappa shape index (κ3) is 2.27. The van der Waals surface area contributed by atoms with Gasteiger partial charge < -0.3 is 9.31 Å². The zero-order chi connectivity index (χ0) is 16.4. The Morgan fingerprint density at radius 2 is 1.43 bits per heavy atom. The van der Waals surface area contributed by atoms with Gasteiger partial charge in [0.2, 0.25) is 0 Å². The predicted octanol–water partition coefficient (Wildman–Crippen LogP) is 2.35. The first kappa shape index (κ1) is 15.0. The van der Waals surface area contributed by atoms with Crippen LogP contribution in [0.4, 0.5) is 0 Å². The van der Waals surface area contributed by atoms with Crippen molar-refractivity contribution in [2.75, 3.05) is 0 Å². The average Bonchev–Trinajstić information content (AvgIpc) is 2.91. The third-order valence-electron chi connectivity index (χ3n) is 5.46. The molecule has 2 aromatic carbocycles. The topological polar surface area (TPSA) is 18.5 Å². The lowest BCUT2D eigenvalue weighted by Gasteiger charge is -2.32. The second-order valence-electron chi connectivity index (χ2n) is 7.60. The highest BCUT2D eigenvalue weighted by molar-refractivity contribution is 6.62. The van der Waals surface area contributed by atoms with Crippen molar-refractivity contribution in [3.63, 3.8) is 0 Å². The zero-order valence-electron chi connectivity index (χ0n) is 14.1. The molecule has 1 aliphatic heterocycles. The summed E-state index contributed by atoms with van der Waals surface area (Å²) in [5.41, 5.74) is 6.48. The number of rotatable bonds is 1. The smallest absolute Gasteiger partial charge is 0.399 e. The lowest BCUT2D eigenvalue weighted by atomic mass is 9.78. The van der Waals surface area contributed by atoms with Crippen LogP contribution < -0.4 is 10.9 Å². The van der Waals surface area contributed by atoms with Crippen molar-refractivity contribution in [3.8, 4) is 11.1 Å². The Balaban J connectivity index is 1.68. The van der Waals surface area contributed by atoms with Gasteiger partial charge in [0, 0.05) is 0 Å². The summed E-state index contributed by atoms with van der Waals surface area (Å²) in [4.78, 5) is 0. The average molecular weight is 302 g/mol. The van der Waals surface area contributed by atoms with Crippen LogP contribution in [0.15, 0.2) is 36.4 Å². The van der Waals surface area contributed by atoms with Crippen LogP contribution in [0.25, 0.3) is 11.1 Å². The first-order valence-corrected chi connectivity index (χ1v) is 8.14. The Bertz CT molecular complexity index is 780. The van der Waals surface area contributed by atoms with E-state index in [4.69, 9.17) is 17.2 Å². The van der Waals surface area contributed by atoms with E-state index in [2.05, 4.69) is 58.0 Å². The number of hydrogen-bond donors (Lipinski definition) is 0. The van der Waals surface area contributed by atoms with Crippen molar-refractivity contribution in [2.24, 2.45) is 0 Å². The minimum Gasteiger partial charge on any atom is -0.399 e. The van der Waals surface area contributed by atoms with E-state index in [-0.39, 0.29) is 18.3 Å². The molecule has 4 heteroatoms. The predicted molar refractivity (Wildman–Crippen MR) is 95.8 cm³/mol. The van der Waals surface area contributed by atoms with Crippen LogP contribution in [-0.2, 0) is 15.7 Å². The molecule has 2 aromatic rings. The molecule has 2 aliphatic rings.